The third-order valence-electron chi connectivity index (χ3n) is 1.59. The third-order valence-corrected chi connectivity index (χ3v) is 1.59. The first-order chi connectivity index (χ1) is 8.97. The summed E-state index contributed by atoms with van der Waals surface area (Å²) in [6.07, 6.45) is 3.54. The molecule has 0 saturated heterocycles. The molecule has 0 saturated carbocycles. The minimum atomic E-state index is 0. The van der Waals surface area contributed by atoms with Crippen LogP contribution in [0.5, 0.6) is 0 Å². The molecule has 2 heterocycles. The van der Waals surface area contributed by atoms with Gasteiger partial charge in [0.25, 0.3) is 0 Å². The maximum Gasteiger partial charge on any atom is 0.0886 e. The van der Waals surface area contributed by atoms with E-state index in [1.165, 1.54) is 0 Å². The van der Waals surface area contributed by atoms with Crippen LogP contribution in [0.3, 0.4) is 0 Å². The van der Waals surface area contributed by atoms with Crippen LogP contribution in [0.4, 0.5) is 0 Å². The predicted molar refractivity (Wildman–Crippen MR) is 65.7 cm³/mol. The van der Waals surface area contributed by atoms with Gasteiger partial charge in [0.2, 0.25) is 0 Å². The molecule has 0 aliphatic heterocycles. The van der Waals surface area contributed by atoms with E-state index >= 15 is 0 Å². The van der Waals surface area contributed by atoms with Crippen LogP contribution < -0.4 is 0 Å². The molecule has 2 aromatic heterocycles. The van der Waals surface area contributed by atoms with Crippen molar-refractivity contribution in [3.05, 3.63) is 76.2 Å². The number of aromatic nitrogens is 2. The standard InChI is InChI=1S/C10H8N2.3CO.CH3.Mn/c1-3-7-11-9(5-1)10-6-2-4-8-12-10;3*1-2;;/h1-8H;;;;1H3;/q;;;;-1;. The van der Waals surface area contributed by atoms with E-state index in [9.17, 15) is 0 Å². The smallest absolute Gasteiger partial charge is 0.0886 e. The molecule has 2 rings (SSSR count). The molecule has 0 aliphatic carbocycles. The first-order valence-corrected chi connectivity index (χ1v) is 4.40. The molecule has 6 heteroatoms. The summed E-state index contributed by atoms with van der Waals surface area (Å²) in [6, 6.07) is 11.6. The fourth-order valence-electron chi connectivity index (χ4n) is 1.03. The Morgan fingerprint density at radius 1 is 0.650 bits per heavy atom. The first-order valence-electron chi connectivity index (χ1n) is 4.40. The van der Waals surface area contributed by atoms with E-state index < -0.39 is 0 Å². The van der Waals surface area contributed by atoms with Crippen LogP contribution in [-0.2, 0) is 31.0 Å². The molecule has 0 atom stereocenters. The van der Waals surface area contributed by atoms with Crippen LogP contribution in [0.1, 0.15) is 0 Å². The van der Waals surface area contributed by atoms with E-state index in [-0.39, 0.29) is 24.5 Å². The van der Waals surface area contributed by atoms with Crippen LogP contribution in [0, 0.1) is 27.4 Å². The van der Waals surface area contributed by atoms with Crippen LogP contribution in [0.15, 0.2) is 48.8 Å². The molecular formula is C14H11MnN2O3-. The molecule has 2 aromatic rings. The van der Waals surface area contributed by atoms with E-state index in [1.54, 1.807) is 12.4 Å². The van der Waals surface area contributed by atoms with Gasteiger partial charge in [-0.2, -0.15) is 0 Å². The summed E-state index contributed by atoms with van der Waals surface area (Å²) in [4.78, 5) is 8.37. The zero-order valence-corrected chi connectivity index (χ0v) is 11.8. The SMILES string of the molecule is [C-]#[O+].[C-]#[O+].[C-]#[O+].[CH3-].[Mn].c1ccc(-c2ccccn2)nc1. The molecule has 0 amide bonds. The average Bonchev–Trinajstić information content (AvgIpc) is 2.55. The summed E-state index contributed by atoms with van der Waals surface area (Å²) >= 11 is 0. The topological polar surface area (TPSA) is 85.5 Å². The number of rotatable bonds is 1. The van der Waals surface area contributed by atoms with E-state index in [4.69, 9.17) is 14.0 Å². The second-order valence-corrected chi connectivity index (χ2v) is 2.43. The van der Waals surface area contributed by atoms with Crippen molar-refractivity contribution in [2.45, 2.75) is 0 Å². The van der Waals surface area contributed by atoms with Crippen molar-refractivity contribution in [1.82, 2.24) is 9.97 Å². The maximum atomic E-state index is 7.50. The van der Waals surface area contributed by atoms with E-state index in [1.807, 2.05) is 36.4 Å². The number of hydrogen-bond donors (Lipinski definition) is 0. The molecule has 0 fully saturated rings. The normalized spacial score (nSPS) is 6.10. The Morgan fingerprint density at radius 3 is 1.15 bits per heavy atom. The monoisotopic (exact) mass is 310 g/mol. The van der Waals surface area contributed by atoms with Gasteiger partial charge in [-0.1, -0.05) is 12.1 Å². The minimum absolute atomic E-state index is 0. The summed E-state index contributed by atoms with van der Waals surface area (Å²) in [7, 11) is 0. The van der Waals surface area contributed by atoms with Crippen molar-refractivity contribution in [3.63, 3.8) is 0 Å². The van der Waals surface area contributed by atoms with Gasteiger partial charge in [-0.3, -0.25) is 9.97 Å². The van der Waals surface area contributed by atoms with Gasteiger partial charge in [-0.05, 0) is 24.3 Å². The first kappa shape index (κ1) is 26.6. The van der Waals surface area contributed by atoms with Crippen molar-refractivity contribution < 1.29 is 31.0 Å². The van der Waals surface area contributed by atoms with Gasteiger partial charge in [0.15, 0.2) is 0 Å². The third kappa shape index (κ3) is 11.1. The molecule has 103 valence electrons. The summed E-state index contributed by atoms with van der Waals surface area (Å²) in [5.41, 5.74) is 1.83. The number of hydrogen-bond acceptors (Lipinski definition) is 2. The van der Waals surface area contributed by atoms with Crippen molar-refractivity contribution in [1.29, 1.82) is 0 Å². The molecule has 0 N–H and O–H groups in total. The Labute approximate surface area is 129 Å². The van der Waals surface area contributed by atoms with Crippen LogP contribution in [0.2, 0.25) is 0 Å². The fourth-order valence-corrected chi connectivity index (χ4v) is 1.03. The molecule has 0 aromatic carbocycles. The minimum Gasteiger partial charge on any atom is -0.358 e. The van der Waals surface area contributed by atoms with Gasteiger partial charge in [0.05, 0.1) is 11.4 Å². The zero-order valence-electron chi connectivity index (χ0n) is 10.6. The molecule has 1 radical (unpaired) electrons. The van der Waals surface area contributed by atoms with Crippen molar-refractivity contribution in [2.75, 3.05) is 0 Å². The van der Waals surface area contributed by atoms with Crippen LogP contribution in [0.25, 0.3) is 11.4 Å². The Kier molecular flexibility index (Phi) is 29.5. The molecule has 0 unspecified atom stereocenters. The fraction of sp³-hybridized carbons (Fsp3) is 0. The molecule has 20 heavy (non-hydrogen) atoms. The summed E-state index contributed by atoms with van der Waals surface area (Å²) in [5.74, 6) is 0. The largest absolute Gasteiger partial charge is 0.358 e. The quantitative estimate of drug-likeness (QED) is 0.460. The predicted octanol–water partition coefficient (Wildman–Crippen LogP) is 2.48. The van der Waals surface area contributed by atoms with Crippen LogP contribution >= 0.6 is 0 Å². The zero-order chi connectivity index (χ0) is 14.2. The van der Waals surface area contributed by atoms with Gasteiger partial charge in [-0.15, -0.1) is 0 Å². The summed E-state index contributed by atoms with van der Waals surface area (Å²) in [5, 5.41) is 0. The van der Waals surface area contributed by atoms with Crippen molar-refractivity contribution >= 4 is 0 Å². The molecule has 0 aliphatic rings. The Morgan fingerprint density at radius 2 is 0.950 bits per heavy atom. The van der Waals surface area contributed by atoms with E-state index in [0.29, 0.717) is 0 Å². The average molecular weight is 310 g/mol. The number of pyridine rings is 2. The van der Waals surface area contributed by atoms with Gasteiger partial charge >= 0.3 is 33.9 Å². The Bertz CT molecular complexity index is 418. The summed E-state index contributed by atoms with van der Waals surface area (Å²) in [6.45, 7) is 13.5. The van der Waals surface area contributed by atoms with Gasteiger partial charge in [0.1, 0.15) is 0 Å². The second kappa shape index (κ2) is 22.2. The Hall–Kier alpha value is -1.96. The van der Waals surface area contributed by atoms with Crippen LogP contribution in [-0.4, -0.2) is 9.97 Å². The second-order valence-electron chi connectivity index (χ2n) is 2.43. The maximum absolute atomic E-state index is 7.50. The van der Waals surface area contributed by atoms with E-state index in [2.05, 4.69) is 29.9 Å². The molecular weight excluding hydrogens is 299 g/mol. The van der Waals surface area contributed by atoms with Crippen molar-refractivity contribution in [3.8, 4) is 11.4 Å². The van der Waals surface area contributed by atoms with Gasteiger partial charge < -0.3 is 7.43 Å². The van der Waals surface area contributed by atoms with Gasteiger partial charge in [-0.25, -0.2) is 0 Å². The molecule has 0 spiro atoms. The van der Waals surface area contributed by atoms with E-state index in [0.717, 1.165) is 11.4 Å². The molecule has 5 nitrogen and oxygen atoms in total. The number of nitrogens with zero attached hydrogens (tertiary/aromatic N) is 2. The van der Waals surface area contributed by atoms with Gasteiger partial charge in [0, 0.05) is 29.5 Å². The molecule has 0 bridgehead atoms. The Balaban J connectivity index is -0.000000143. The van der Waals surface area contributed by atoms with Crippen molar-refractivity contribution in [2.24, 2.45) is 0 Å². The summed E-state index contributed by atoms with van der Waals surface area (Å²) < 4.78 is 22.5.